The van der Waals surface area contributed by atoms with Gasteiger partial charge in [0.1, 0.15) is 12.4 Å². The van der Waals surface area contributed by atoms with Crippen molar-refractivity contribution >= 4 is 54.5 Å². The van der Waals surface area contributed by atoms with Gasteiger partial charge >= 0.3 is 0 Å². The van der Waals surface area contributed by atoms with Crippen LogP contribution in [0, 0.1) is 5.92 Å². The molecule has 1 aliphatic rings. The Labute approximate surface area is 235 Å². The fourth-order valence-electron chi connectivity index (χ4n) is 3.26. The summed E-state index contributed by atoms with van der Waals surface area (Å²) in [7, 11) is 5.13. The number of ether oxygens (including phenoxy) is 4. The maximum Gasteiger partial charge on any atom is 0.245 e. The number of anilines is 1. The smallest absolute Gasteiger partial charge is 0.245 e. The predicted molar refractivity (Wildman–Crippen MR) is 148 cm³/mol. The van der Waals surface area contributed by atoms with E-state index in [1.165, 1.54) is 0 Å². The molecular formula is C24H36BCl2N5O6. The molecule has 1 aliphatic heterocycles. The Hall–Kier alpha value is -1.93. The van der Waals surface area contributed by atoms with Gasteiger partial charge in [-0.05, 0) is 24.6 Å². The van der Waals surface area contributed by atoms with E-state index in [9.17, 15) is 9.59 Å². The standard InChI is InChI=1S/C24H36BCl2N5O6/c1-18-16-32(19-4-5-20(26)21(27)15-19)31-24(18)30-22(33)3-2-6-28-23(34)17-38-14-13-37-12-11-36-10-9-35-8-7-29-25/h4-5,15,18,29H,2-3,6-14,16-17H2,1H3,(H,28,34)(H,30,31,33). The number of carbonyl (C=O) groups is 2. The molecule has 0 aliphatic carbocycles. The number of benzene rings is 1. The van der Waals surface area contributed by atoms with E-state index in [0.717, 1.165) is 5.69 Å². The highest BCUT2D eigenvalue weighted by molar-refractivity contribution is 6.42. The number of amidine groups is 1. The van der Waals surface area contributed by atoms with E-state index in [1.807, 2.05) is 13.0 Å². The van der Waals surface area contributed by atoms with Crippen LogP contribution in [-0.4, -0.2) is 98.1 Å². The van der Waals surface area contributed by atoms with Gasteiger partial charge in [-0.15, -0.1) is 0 Å². The van der Waals surface area contributed by atoms with Crippen molar-refractivity contribution in [3.8, 4) is 0 Å². The van der Waals surface area contributed by atoms with Gasteiger partial charge in [0, 0.05) is 25.4 Å². The van der Waals surface area contributed by atoms with Crippen LogP contribution >= 0.6 is 23.2 Å². The number of nitrogens with one attached hydrogen (secondary N) is 3. The number of hydrogen-bond acceptors (Lipinski definition) is 9. The summed E-state index contributed by atoms with van der Waals surface area (Å²) >= 11 is 12.1. The quantitative estimate of drug-likeness (QED) is 0.169. The predicted octanol–water partition coefficient (Wildman–Crippen LogP) is 1.52. The first-order valence-electron chi connectivity index (χ1n) is 12.5. The molecule has 11 nitrogen and oxygen atoms in total. The van der Waals surface area contributed by atoms with Crippen LogP contribution in [0.1, 0.15) is 19.8 Å². The average Bonchev–Trinajstić information content (AvgIpc) is 3.26. The fraction of sp³-hybridized carbons (Fsp3) is 0.625. The van der Waals surface area contributed by atoms with Crippen LogP contribution in [0.15, 0.2) is 23.3 Å². The number of hydrogen-bond donors (Lipinski definition) is 3. The fourth-order valence-corrected chi connectivity index (χ4v) is 3.55. The number of halogens is 2. The molecule has 210 valence electrons. The molecule has 1 heterocycles. The molecule has 14 heteroatoms. The van der Waals surface area contributed by atoms with Crippen molar-refractivity contribution in [2.45, 2.75) is 19.8 Å². The van der Waals surface area contributed by atoms with Gasteiger partial charge in [0.05, 0.1) is 68.5 Å². The van der Waals surface area contributed by atoms with Crippen molar-refractivity contribution in [3.63, 3.8) is 0 Å². The summed E-state index contributed by atoms with van der Waals surface area (Å²) in [6.45, 7) is 6.55. The van der Waals surface area contributed by atoms with Gasteiger partial charge in [0.2, 0.25) is 11.8 Å². The summed E-state index contributed by atoms with van der Waals surface area (Å²) in [4.78, 5) is 24.2. The van der Waals surface area contributed by atoms with Crippen LogP contribution in [0.3, 0.4) is 0 Å². The minimum absolute atomic E-state index is 0.0471. The molecule has 1 atom stereocenters. The lowest BCUT2D eigenvalue weighted by Crippen LogP contribution is -2.34. The Morgan fingerprint density at radius 2 is 1.63 bits per heavy atom. The van der Waals surface area contributed by atoms with Crippen LogP contribution < -0.4 is 20.9 Å². The molecule has 0 saturated carbocycles. The summed E-state index contributed by atoms with van der Waals surface area (Å²) in [5, 5.41) is 15.3. The van der Waals surface area contributed by atoms with Crippen molar-refractivity contribution < 1.29 is 28.5 Å². The van der Waals surface area contributed by atoms with Crippen molar-refractivity contribution in [1.82, 2.24) is 15.9 Å². The molecule has 1 aromatic rings. The molecule has 0 bridgehead atoms. The zero-order valence-corrected chi connectivity index (χ0v) is 23.2. The summed E-state index contributed by atoms with van der Waals surface area (Å²) in [6.07, 6.45) is 0.750. The lowest BCUT2D eigenvalue weighted by atomic mass is 10.1. The first kappa shape index (κ1) is 32.3. The van der Waals surface area contributed by atoms with Crippen LogP contribution in [0.25, 0.3) is 0 Å². The van der Waals surface area contributed by atoms with Crippen LogP contribution in [0.4, 0.5) is 5.69 Å². The summed E-state index contributed by atoms with van der Waals surface area (Å²) in [5.41, 5.74) is 0.801. The second-order valence-electron chi connectivity index (χ2n) is 8.41. The highest BCUT2D eigenvalue weighted by atomic mass is 35.5. The Bertz CT molecular complexity index is 898. The van der Waals surface area contributed by atoms with Gasteiger partial charge in [0.25, 0.3) is 0 Å². The zero-order chi connectivity index (χ0) is 27.6. The Morgan fingerprint density at radius 3 is 2.29 bits per heavy atom. The number of amides is 2. The average molecular weight is 572 g/mol. The van der Waals surface area contributed by atoms with Gasteiger partial charge in [-0.3, -0.25) is 14.6 Å². The Kier molecular flexibility index (Phi) is 16.3. The van der Waals surface area contributed by atoms with Gasteiger partial charge < -0.3 is 34.8 Å². The number of hydrazone groups is 1. The lowest BCUT2D eigenvalue weighted by molar-refractivity contribution is -0.126. The van der Waals surface area contributed by atoms with Crippen molar-refractivity contribution in [3.05, 3.63) is 28.2 Å². The van der Waals surface area contributed by atoms with Gasteiger partial charge in [-0.1, -0.05) is 30.1 Å². The van der Waals surface area contributed by atoms with Crippen LogP contribution in [-0.2, 0) is 28.5 Å². The number of rotatable bonds is 19. The lowest BCUT2D eigenvalue weighted by Gasteiger charge is -2.14. The topological polar surface area (TPSA) is 123 Å². The maximum atomic E-state index is 12.3. The minimum Gasteiger partial charge on any atom is -0.378 e. The van der Waals surface area contributed by atoms with E-state index in [-0.39, 0.29) is 30.8 Å². The molecule has 2 radical (unpaired) electrons. The van der Waals surface area contributed by atoms with E-state index < -0.39 is 0 Å². The molecule has 2 amide bonds. The largest absolute Gasteiger partial charge is 0.378 e. The minimum atomic E-state index is -0.246. The zero-order valence-electron chi connectivity index (χ0n) is 21.7. The molecule has 0 spiro atoms. The summed E-state index contributed by atoms with van der Waals surface area (Å²) < 4.78 is 21.3. The van der Waals surface area contributed by atoms with Crippen LogP contribution in [0.5, 0.6) is 0 Å². The first-order valence-corrected chi connectivity index (χ1v) is 13.3. The highest BCUT2D eigenvalue weighted by Gasteiger charge is 2.25. The molecule has 1 aromatic carbocycles. The highest BCUT2D eigenvalue weighted by Crippen LogP contribution is 2.29. The molecule has 0 fully saturated rings. The summed E-state index contributed by atoms with van der Waals surface area (Å²) in [5.74, 6) is 0.238. The van der Waals surface area contributed by atoms with Gasteiger partial charge in [-0.2, -0.15) is 5.10 Å². The molecule has 0 aromatic heterocycles. The second kappa shape index (κ2) is 19.2. The van der Waals surface area contributed by atoms with E-state index in [1.54, 1.807) is 17.1 Å². The van der Waals surface area contributed by atoms with Crippen LogP contribution in [0.2, 0.25) is 10.0 Å². The summed E-state index contributed by atoms with van der Waals surface area (Å²) in [6, 6.07) is 5.28. The molecule has 2 rings (SSSR count). The van der Waals surface area contributed by atoms with E-state index in [2.05, 4.69) is 21.0 Å². The molecule has 0 saturated heterocycles. The third kappa shape index (κ3) is 13.2. The second-order valence-corrected chi connectivity index (χ2v) is 9.23. The van der Waals surface area contributed by atoms with E-state index >= 15 is 0 Å². The van der Waals surface area contributed by atoms with Gasteiger partial charge in [-0.25, -0.2) is 0 Å². The normalized spacial score (nSPS) is 15.0. The van der Waals surface area contributed by atoms with E-state index in [0.29, 0.717) is 88.2 Å². The SMILES string of the molecule is [B]NCCOCCOCCOCCOCC(=O)NCCCC(=O)NC1=NN(c2ccc(Cl)c(Cl)c2)CC1C. The molecule has 3 N–H and O–H groups in total. The monoisotopic (exact) mass is 571 g/mol. The third-order valence-electron chi connectivity index (χ3n) is 5.25. The molecule has 38 heavy (non-hydrogen) atoms. The molecular weight excluding hydrogens is 536 g/mol. The van der Waals surface area contributed by atoms with Gasteiger partial charge in [0.15, 0.2) is 7.98 Å². The molecule has 1 unspecified atom stereocenters. The maximum absolute atomic E-state index is 12.3. The number of carbonyl (C=O) groups excluding carboxylic acids is 2. The Morgan fingerprint density at radius 1 is 0.974 bits per heavy atom. The number of nitrogens with zero attached hydrogens (tertiary/aromatic N) is 2. The Balaban J connectivity index is 1.46. The third-order valence-corrected chi connectivity index (χ3v) is 5.99. The van der Waals surface area contributed by atoms with E-state index in [4.69, 9.17) is 50.1 Å². The van der Waals surface area contributed by atoms with Crippen molar-refractivity contribution in [1.29, 1.82) is 0 Å². The first-order chi connectivity index (χ1) is 18.4. The van der Waals surface area contributed by atoms with Crippen molar-refractivity contribution in [2.75, 3.05) is 77.5 Å². The van der Waals surface area contributed by atoms with Crippen molar-refractivity contribution in [2.24, 2.45) is 11.0 Å².